The van der Waals surface area contributed by atoms with Crippen molar-refractivity contribution < 1.29 is 23.1 Å². The smallest absolute Gasteiger partial charge is 0.306 e. The molecule has 4 N–H and O–H groups in total. The van der Waals surface area contributed by atoms with Gasteiger partial charge in [0.25, 0.3) is 0 Å². The van der Waals surface area contributed by atoms with Gasteiger partial charge < -0.3 is 16.2 Å². The van der Waals surface area contributed by atoms with Crippen LogP contribution in [-0.4, -0.2) is 49.5 Å². The highest BCUT2D eigenvalue weighted by Crippen LogP contribution is 2.24. The number of carbonyl (C=O) groups excluding carboxylic acids is 1. The van der Waals surface area contributed by atoms with Crippen molar-refractivity contribution in [2.24, 2.45) is 11.7 Å². The van der Waals surface area contributed by atoms with Gasteiger partial charge in [-0.1, -0.05) is 0 Å². The van der Waals surface area contributed by atoms with E-state index < -0.39 is 21.7 Å². The van der Waals surface area contributed by atoms with Gasteiger partial charge in [0.1, 0.15) is 0 Å². The molecule has 0 unspecified atom stereocenters. The highest BCUT2D eigenvalue weighted by atomic mass is 32.2. The first kappa shape index (κ1) is 16.9. The van der Waals surface area contributed by atoms with Crippen molar-refractivity contribution in [3.8, 4) is 0 Å². The lowest BCUT2D eigenvalue weighted by Gasteiger charge is -2.26. The van der Waals surface area contributed by atoms with Crippen LogP contribution < -0.4 is 11.1 Å². The molecular weight excluding hydrogens is 284 g/mol. The lowest BCUT2D eigenvalue weighted by Crippen LogP contribution is -2.37. The maximum Gasteiger partial charge on any atom is 0.306 e. The Bertz CT molecular complexity index is 441. The number of amides is 1. The number of hydrogen-bond acceptors (Lipinski definition) is 5. The van der Waals surface area contributed by atoms with Gasteiger partial charge in [-0.05, 0) is 25.7 Å². The summed E-state index contributed by atoms with van der Waals surface area (Å²) in [6, 6.07) is 0.178. The molecule has 7 nitrogen and oxygen atoms in total. The summed E-state index contributed by atoms with van der Waals surface area (Å²) < 4.78 is 23.2. The van der Waals surface area contributed by atoms with Crippen LogP contribution in [0.4, 0.5) is 0 Å². The van der Waals surface area contributed by atoms with Crippen LogP contribution in [0, 0.1) is 5.92 Å². The highest BCUT2D eigenvalue weighted by molar-refractivity contribution is 7.91. The maximum absolute atomic E-state index is 11.6. The number of hydrogen-bond donors (Lipinski definition) is 3. The van der Waals surface area contributed by atoms with Crippen molar-refractivity contribution in [1.29, 1.82) is 0 Å². The van der Waals surface area contributed by atoms with Gasteiger partial charge in [-0.3, -0.25) is 9.59 Å². The zero-order chi connectivity index (χ0) is 15.2. The van der Waals surface area contributed by atoms with E-state index in [2.05, 4.69) is 5.32 Å². The zero-order valence-electron chi connectivity index (χ0n) is 11.4. The summed E-state index contributed by atoms with van der Waals surface area (Å²) in [6.07, 6.45) is 2.60. The molecule has 20 heavy (non-hydrogen) atoms. The first-order chi connectivity index (χ1) is 9.30. The van der Waals surface area contributed by atoms with E-state index in [4.69, 9.17) is 10.8 Å². The third-order valence-corrected chi connectivity index (χ3v) is 5.23. The number of carboxylic acid groups (broad SMARTS) is 1. The van der Waals surface area contributed by atoms with E-state index in [9.17, 15) is 18.0 Å². The molecule has 0 radical (unpaired) electrons. The molecular formula is C12H22N2O5S. The number of aliphatic carboxylic acids is 1. The normalized spacial score (nSPS) is 23.4. The summed E-state index contributed by atoms with van der Waals surface area (Å²) in [7, 11) is -3.26. The molecule has 8 heteroatoms. The number of primary amides is 1. The first-order valence-corrected chi connectivity index (χ1v) is 8.57. The Labute approximate surface area is 118 Å². The zero-order valence-corrected chi connectivity index (χ0v) is 12.2. The summed E-state index contributed by atoms with van der Waals surface area (Å²) >= 11 is 0. The van der Waals surface area contributed by atoms with Crippen molar-refractivity contribution in [3.63, 3.8) is 0 Å². The molecule has 1 saturated carbocycles. The molecule has 1 amide bonds. The van der Waals surface area contributed by atoms with Crippen molar-refractivity contribution in [2.45, 2.75) is 38.1 Å². The average molecular weight is 306 g/mol. The molecule has 0 aromatic heterocycles. The standard InChI is InChI=1S/C12H22N2O5S/c13-11(15)5-7-20(18,19)8-6-14-10-3-1-9(2-4-10)12(16)17/h9-10,14H,1-8H2,(H2,13,15)(H,16,17). The molecule has 116 valence electrons. The minimum Gasteiger partial charge on any atom is -0.481 e. The second-order valence-electron chi connectivity index (χ2n) is 5.21. The fourth-order valence-corrected chi connectivity index (χ4v) is 3.47. The van der Waals surface area contributed by atoms with E-state index in [-0.39, 0.29) is 29.9 Å². The van der Waals surface area contributed by atoms with Crippen molar-refractivity contribution in [1.82, 2.24) is 5.32 Å². The van der Waals surface area contributed by atoms with Crippen LogP contribution >= 0.6 is 0 Å². The molecule has 0 heterocycles. The third kappa shape index (κ3) is 6.33. The van der Waals surface area contributed by atoms with Gasteiger partial charge in [0.05, 0.1) is 17.4 Å². The van der Waals surface area contributed by atoms with E-state index in [0.717, 1.165) is 12.8 Å². The highest BCUT2D eigenvalue weighted by Gasteiger charge is 2.25. The van der Waals surface area contributed by atoms with Crippen LogP contribution in [0.2, 0.25) is 0 Å². The molecule has 0 atom stereocenters. The van der Waals surface area contributed by atoms with Gasteiger partial charge in [-0.25, -0.2) is 8.42 Å². The number of carbonyl (C=O) groups is 2. The van der Waals surface area contributed by atoms with E-state index in [1.165, 1.54) is 0 Å². The van der Waals surface area contributed by atoms with Gasteiger partial charge in [0.15, 0.2) is 9.84 Å². The Morgan fingerprint density at radius 3 is 2.25 bits per heavy atom. The van der Waals surface area contributed by atoms with Crippen LogP contribution in [-0.2, 0) is 19.4 Å². The lowest BCUT2D eigenvalue weighted by atomic mass is 9.86. The third-order valence-electron chi connectivity index (χ3n) is 3.58. The number of nitrogens with two attached hydrogens (primary N) is 1. The molecule has 0 aliphatic heterocycles. The SMILES string of the molecule is NC(=O)CCS(=O)(=O)CCNC1CCC(C(=O)O)CC1. The Kier molecular flexibility index (Phi) is 6.41. The molecule has 1 aliphatic carbocycles. The molecule has 1 fully saturated rings. The monoisotopic (exact) mass is 306 g/mol. The second kappa shape index (κ2) is 7.58. The van der Waals surface area contributed by atoms with Crippen molar-refractivity contribution >= 4 is 21.7 Å². The molecule has 0 bridgehead atoms. The van der Waals surface area contributed by atoms with E-state index in [1.807, 2.05) is 0 Å². The number of carboxylic acids is 1. The fourth-order valence-electron chi connectivity index (χ4n) is 2.32. The van der Waals surface area contributed by atoms with Crippen LogP contribution in [0.3, 0.4) is 0 Å². The predicted octanol–water partition coefficient (Wildman–Crippen LogP) is -0.490. The van der Waals surface area contributed by atoms with Gasteiger partial charge in [-0.2, -0.15) is 0 Å². The van der Waals surface area contributed by atoms with Crippen molar-refractivity contribution in [3.05, 3.63) is 0 Å². The second-order valence-corrected chi connectivity index (χ2v) is 7.51. The predicted molar refractivity (Wildman–Crippen MR) is 73.8 cm³/mol. The molecule has 1 rings (SSSR count). The van der Waals surface area contributed by atoms with Gasteiger partial charge in [0, 0.05) is 19.0 Å². The van der Waals surface area contributed by atoms with Crippen LogP contribution in [0.5, 0.6) is 0 Å². The Hall–Kier alpha value is -1.15. The molecule has 0 aromatic rings. The maximum atomic E-state index is 11.6. The number of sulfone groups is 1. The summed E-state index contributed by atoms with van der Waals surface area (Å²) in [6.45, 7) is 0.323. The molecule has 0 spiro atoms. The van der Waals surface area contributed by atoms with Gasteiger partial charge in [0.2, 0.25) is 5.91 Å². The van der Waals surface area contributed by atoms with E-state index in [0.29, 0.717) is 19.4 Å². The quantitative estimate of drug-likeness (QED) is 0.555. The fraction of sp³-hybridized carbons (Fsp3) is 0.833. The molecule has 0 saturated heterocycles. The summed E-state index contributed by atoms with van der Waals surface area (Å²) in [5.74, 6) is -1.88. The van der Waals surface area contributed by atoms with Crippen molar-refractivity contribution in [2.75, 3.05) is 18.1 Å². The topological polar surface area (TPSA) is 127 Å². The summed E-state index contributed by atoms with van der Waals surface area (Å²) in [5, 5.41) is 12.0. The van der Waals surface area contributed by atoms with Gasteiger partial charge in [-0.15, -0.1) is 0 Å². The Morgan fingerprint density at radius 1 is 1.15 bits per heavy atom. The Morgan fingerprint density at radius 2 is 1.75 bits per heavy atom. The van der Waals surface area contributed by atoms with E-state index >= 15 is 0 Å². The van der Waals surface area contributed by atoms with Crippen LogP contribution in [0.25, 0.3) is 0 Å². The lowest BCUT2D eigenvalue weighted by molar-refractivity contribution is -0.142. The number of nitrogens with one attached hydrogen (secondary N) is 1. The molecule has 0 aromatic carbocycles. The minimum absolute atomic E-state index is 0.0286. The van der Waals surface area contributed by atoms with Gasteiger partial charge >= 0.3 is 5.97 Å². The van der Waals surface area contributed by atoms with E-state index in [1.54, 1.807) is 0 Å². The largest absolute Gasteiger partial charge is 0.481 e. The Balaban J connectivity index is 2.22. The molecule has 1 aliphatic rings. The summed E-state index contributed by atoms with van der Waals surface area (Å²) in [5.41, 5.74) is 4.92. The van der Waals surface area contributed by atoms with Crippen LogP contribution in [0.15, 0.2) is 0 Å². The minimum atomic E-state index is -3.26. The summed E-state index contributed by atoms with van der Waals surface area (Å²) in [4.78, 5) is 21.3. The number of rotatable bonds is 8. The first-order valence-electron chi connectivity index (χ1n) is 6.75. The average Bonchev–Trinajstić information content (AvgIpc) is 2.37. The van der Waals surface area contributed by atoms with Crippen LogP contribution in [0.1, 0.15) is 32.1 Å².